The number of amidine groups is 1. The predicted octanol–water partition coefficient (Wildman–Crippen LogP) is 0.461. The third kappa shape index (κ3) is 2.73. The fourth-order valence-electron chi connectivity index (χ4n) is 1.14. The minimum Gasteiger partial charge on any atom is -0.394 e. The summed E-state index contributed by atoms with van der Waals surface area (Å²) < 4.78 is 1.28. The first kappa shape index (κ1) is 11.6. The van der Waals surface area contributed by atoms with E-state index in [4.69, 9.17) is 23.1 Å². The van der Waals surface area contributed by atoms with Gasteiger partial charge in [0.05, 0.1) is 12.2 Å². The van der Waals surface area contributed by atoms with E-state index in [1.54, 1.807) is 6.07 Å². The van der Waals surface area contributed by atoms with Crippen LogP contribution in [0.5, 0.6) is 0 Å². The zero-order valence-corrected chi connectivity index (χ0v) is 9.16. The number of nitrogens with zero attached hydrogens (tertiary/aromatic N) is 2. The van der Waals surface area contributed by atoms with Crippen molar-refractivity contribution in [3.05, 3.63) is 27.6 Å². The first-order valence-electron chi connectivity index (χ1n) is 4.50. The summed E-state index contributed by atoms with van der Waals surface area (Å²) in [5, 5.41) is 0.295. The molecule has 0 aliphatic rings. The summed E-state index contributed by atoms with van der Waals surface area (Å²) in [6.45, 7) is 2.59. The largest absolute Gasteiger partial charge is 0.394 e. The van der Waals surface area contributed by atoms with Gasteiger partial charge in [-0.1, -0.05) is 11.6 Å². The number of rotatable bonds is 3. The van der Waals surface area contributed by atoms with E-state index in [1.165, 1.54) is 10.6 Å². The number of nitrogen functional groups attached to an aromatic ring is 1. The van der Waals surface area contributed by atoms with E-state index in [0.717, 1.165) is 0 Å². The third-order valence-electron chi connectivity index (χ3n) is 1.83. The van der Waals surface area contributed by atoms with Crippen molar-refractivity contribution in [1.29, 1.82) is 0 Å². The van der Waals surface area contributed by atoms with Crippen molar-refractivity contribution < 1.29 is 0 Å². The van der Waals surface area contributed by atoms with Gasteiger partial charge in [0.15, 0.2) is 0 Å². The molecule has 0 unspecified atom stereocenters. The highest BCUT2D eigenvalue weighted by molar-refractivity contribution is 6.29. The second-order valence-corrected chi connectivity index (χ2v) is 3.36. The lowest BCUT2D eigenvalue weighted by Crippen LogP contribution is -2.30. The summed E-state index contributed by atoms with van der Waals surface area (Å²) in [5.41, 5.74) is 10.9. The first-order valence-corrected chi connectivity index (χ1v) is 4.87. The van der Waals surface area contributed by atoms with Crippen molar-refractivity contribution in [2.45, 2.75) is 13.5 Å². The molecular formula is C9H13ClN4O. The van der Waals surface area contributed by atoms with Crippen molar-refractivity contribution in [2.75, 3.05) is 12.3 Å². The van der Waals surface area contributed by atoms with Crippen molar-refractivity contribution in [2.24, 2.45) is 10.7 Å². The Kier molecular flexibility index (Phi) is 3.74. The Morgan fingerprint density at radius 1 is 1.60 bits per heavy atom. The molecule has 0 aliphatic carbocycles. The molecule has 15 heavy (non-hydrogen) atoms. The highest BCUT2D eigenvalue weighted by atomic mass is 35.5. The average molecular weight is 229 g/mol. The molecule has 0 radical (unpaired) electrons. The molecule has 0 spiro atoms. The Balaban J connectivity index is 3.10. The summed E-state index contributed by atoms with van der Waals surface area (Å²) in [6.07, 6.45) is 0. The smallest absolute Gasteiger partial charge is 0.275 e. The highest BCUT2D eigenvalue weighted by Gasteiger charge is 2.05. The Morgan fingerprint density at radius 2 is 2.27 bits per heavy atom. The van der Waals surface area contributed by atoms with Crippen LogP contribution in [0.1, 0.15) is 6.92 Å². The van der Waals surface area contributed by atoms with Crippen LogP contribution in [-0.2, 0) is 6.54 Å². The van der Waals surface area contributed by atoms with E-state index in [1.807, 2.05) is 6.92 Å². The van der Waals surface area contributed by atoms with Crippen molar-refractivity contribution in [3.8, 4) is 0 Å². The molecule has 0 aromatic carbocycles. The van der Waals surface area contributed by atoms with E-state index in [9.17, 15) is 4.79 Å². The van der Waals surface area contributed by atoms with Crippen LogP contribution >= 0.6 is 11.6 Å². The molecule has 0 atom stereocenters. The normalized spacial score (nSPS) is 11.7. The zero-order chi connectivity index (χ0) is 11.4. The first-order chi connectivity index (χ1) is 7.06. The Morgan fingerprint density at radius 3 is 2.87 bits per heavy atom. The second-order valence-electron chi connectivity index (χ2n) is 2.97. The Labute approximate surface area is 92.4 Å². The molecule has 0 saturated heterocycles. The maximum atomic E-state index is 11.6. The second kappa shape index (κ2) is 4.84. The molecule has 0 saturated carbocycles. The fraction of sp³-hybridized carbons (Fsp3) is 0.333. The number of aliphatic imine (C=N–C) groups is 1. The van der Waals surface area contributed by atoms with Crippen molar-refractivity contribution >= 4 is 23.1 Å². The molecule has 4 N–H and O–H groups in total. The summed E-state index contributed by atoms with van der Waals surface area (Å²) in [7, 11) is 0. The number of nitrogens with two attached hydrogens (primary N) is 2. The monoisotopic (exact) mass is 228 g/mol. The molecule has 82 valence electrons. The molecule has 1 aromatic rings. The molecule has 5 nitrogen and oxygen atoms in total. The van der Waals surface area contributed by atoms with Crippen LogP contribution in [0.3, 0.4) is 0 Å². The standard InChI is InChI=1S/C9H13ClN4O/c1-2-13-8(12)5-14-7(10)4-3-6(11)9(14)15/h3-4H,2,5,11H2,1H3,(H2,12,13). The molecule has 0 fully saturated rings. The molecule has 0 amide bonds. The molecule has 1 rings (SSSR count). The Hall–Kier alpha value is -1.49. The van der Waals surface area contributed by atoms with Crippen LogP contribution in [0.15, 0.2) is 21.9 Å². The van der Waals surface area contributed by atoms with Crippen LogP contribution in [-0.4, -0.2) is 16.9 Å². The van der Waals surface area contributed by atoms with Gasteiger partial charge < -0.3 is 11.5 Å². The van der Waals surface area contributed by atoms with E-state index in [0.29, 0.717) is 17.5 Å². The number of aromatic nitrogens is 1. The summed E-state index contributed by atoms with van der Waals surface area (Å²) in [5.74, 6) is 0.354. The van der Waals surface area contributed by atoms with Crippen molar-refractivity contribution in [3.63, 3.8) is 0 Å². The summed E-state index contributed by atoms with van der Waals surface area (Å²) in [6, 6.07) is 3.02. The summed E-state index contributed by atoms with van der Waals surface area (Å²) in [4.78, 5) is 15.5. The lowest BCUT2D eigenvalue weighted by molar-refractivity contribution is 0.800. The van der Waals surface area contributed by atoms with E-state index >= 15 is 0 Å². The maximum Gasteiger partial charge on any atom is 0.275 e. The molecular weight excluding hydrogens is 216 g/mol. The van der Waals surface area contributed by atoms with Gasteiger partial charge in [-0.15, -0.1) is 0 Å². The van der Waals surface area contributed by atoms with E-state index in [-0.39, 0.29) is 17.8 Å². The number of anilines is 1. The predicted molar refractivity (Wildman–Crippen MR) is 62.3 cm³/mol. The topological polar surface area (TPSA) is 86.4 Å². The van der Waals surface area contributed by atoms with Crippen molar-refractivity contribution in [1.82, 2.24) is 4.57 Å². The third-order valence-corrected chi connectivity index (χ3v) is 2.16. The number of hydrogen-bond acceptors (Lipinski definition) is 3. The minimum atomic E-state index is -0.350. The molecule has 1 heterocycles. The Bertz CT molecular complexity index is 438. The van der Waals surface area contributed by atoms with Gasteiger partial charge in [-0.3, -0.25) is 14.4 Å². The molecule has 6 heteroatoms. The lowest BCUT2D eigenvalue weighted by Gasteiger charge is -2.08. The van der Waals surface area contributed by atoms with Gasteiger partial charge >= 0.3 is 0 Å². The quantitative estimate of drug-likeness (QED) is 0.448. The lowest BCUT2D eigenvalue weighted by atomic mass is 10.4. The fourth-order valence-corrected chi connectivity index (χ4v) is 1.33. The van der Waals surface area contributed by atoms with Crippen LogP contribution in [0.25, 0.3) is 0 Å². The zero-order valence-electron chi connectivity index (χ0n) is 8.40. The number of pyridine rings is 1. The van der Waals surface area contributed by atoms with Gasteiger partial charge in [0.1, 0.15) is 11.0 Å². The van der Waals surface area contributed by atoms with Gasteiger partial charge in [0.25, 0.3) is 5.56 Å². The van der Waals surface area contributed by atoms with Gasteiger partial charge in [0, 0.05) is 6.54 Å². The van der Waals surface area contributed by atoms with E-state index < -0.39 is 0 Å². The van der Waals surface area contributed by atoms with Gasteiger partial charge in [0.2, 0.25) is 0 Å². The van der Waals surface area contributed by atoms with Gasteiger partial charge in [-0.05, 0) is 19.1 Å². The van der Waals surface area contributed by atoms with E-state index in [2.05, 4.69) is 4.99 Å². The SMILES string of the molecule is CCN=C(N)Cn1c(Cl)ccc(N)c1=O. The van der Waals surface area contributed by atoms with Crippen LogP contribution in [0, 0.1) is 0 Å². The summed E-state index contributed by atoms with van der Waals surface area (Å²) >= 11 is 5.84. The highest BCUT2D eigenvalue weighted by Crippen LogP contribution is 2.07. The molecule has 0 aliphatic heterocycles. The van der Waals surface area contributed by atoms with Crippen LogP contribution < -0.4 is 17.0 Å². The van der Waals surface area contributed by atoms with Gasteiger partial charge in [-0.2, -0.15) is 0 Å². The van der Waals surface area contributed by atoms with Gasteiger partial charge in [-0.25, -0.2) is 0 Å². The average Bonchev–Trinajstić information content (AvgIpc) is 2.19. The van der Waals surface area contributed by atoms with Crippen LogP contribution in [0.4, 0.5) is 5.69 Å². The maximum absolute atomic E-state index is 11.6. The van der Waals surface area contributed by atoms with Crippen LogP contribution in [0.2, 0.25) is 5.15 Å². The number of hydrogen-bond donors (Lipinski definition) is 2. The number of halogens is 1. The molecule has 1 aromatic heterocycles. The molecule has 0 bridgehead atoms. The minimum absolute atomic E-state index is 0.142.